The van der Waals surface area contributed by atoms with E-state index in [-0.39, 0.29) is 5.92 Å². The molecule has 4 heterocycles. The van der Waals surface area contributed by atoms with E-state index in [1.54, 1.807) is 11.3 Å². The van der Waals surface area contributed by atoms with Gasteiger partial charge in [0, 0.05) is 47.2 Å². The van der Waals surface area contributed by atoms with Gasteiger partial charge in [0.05, 0.1) is 23.2 Å². The number of alkyl halides is 6. The minimum atomic E-state index is -5.08. The largest absolute Gasteiger partial charge is 0.490 e. The molecule has 0 saturated carbocycles. The lowest BCUT2D eigenvalue weighted by molar-refractivity contribution is -0.193. The zero-order valence-electron chi connectivity index (χ0n) is 19.5. The van der Waals surface area contributed by atoms with Crippen molar-refractivity contribution in [3.8, 4) is 0 Å². The highest BCUT2D eigenvalue weighted by Gasteiger charge is 2.46. The summed E-state index contributed by atoms with van der Waals surface area (Å²) in [5.74, 6) is -4.51. The highest BCUT2D eigenvalue weighted by atomic mass is 32.1. The number of carbonyl (C=O) groups excluding carboxylic acids is 1. The number of nitrogens with zero attached hydrogens (tertiary/aromatic N) is 3. The number of aromatic nitrogens is 1. The average Bonchev–Trinajstić information content (AvgIpc) is 3.51. The number of thiazole rings is 1. The number of carboxylic acid groups (broad SMARTS) is 2. The van der Waals surface area contributed by atoms with Gasteiger partial charge >= 0.3 is 24.3 Å². The van der Waals surface area contributed by atoms with Gasteiger partial charge in [-0.1, -0.05) is 0 Å². The predicted octanol–water partition coefficient (Wildman–Crippen LogP) is 4.18. The maximum atomic E-state index is 12.7. The Morgan fingerprint density at radius 1 is 1.00 bits per heavy atom. The van der Waals surface area contributed by atoms with Gasteiger partial charge in [-0.15, -0.1) is 22.7 Å². The summed E-state index contributed by atoms with van der Waals surface area (Å²) in [6.07, 6.45) is -10.2. The van der Waals surface area contributed by atoms with Crippen molar-refractivity contribution >= 4 is 40.5 Å². The Labute approximate surface area is 215 Å². The monoisotopic (exact) mass is 575 g/mol. The summed E-state index contributed by atoms with van der Waals surface area (Å²) in [5, 5.41) is 17.4. The molecule has 0 unspecified atom stereocenters. The molecule has 0 aliphatic carbocycles. The van der Waals surface area contributed by atoms with Gasteiger partial charge in [0.2, 0.25) is 5.91 Å². The summed E-state index contributed by atoms with van der Waals surface area (Å²) in [7, 11) is 0. The summed E-state index contributed by atoms with van der Waals surface area (Å²) < 4.78 is 63.5. The van der Waals surface area contributed by atoms with E-state index in [9.17, 15) is 31.1 Å². The fourth-order valence-corrected chi connectivity index (χ4v) is 5.31. The quantitative estimate of drug-likeness (QED) is 0.527. The Hall–Kier alpha value is -2.72. The third-order valence-corrected chi connectivity index (χ3v) is 7.09. The van der Waals surface area contributed by atoms with Gasteiger partial charge in [-0.2, -0.15) is 26.3 Å². The molecular weight excluding hydrogens is 552 g/mol. The van der Waals surface area contributed by atoms with Gasteiger partial charge in [0.1, 0.15) is 0 Å². The number of aliphatic carboxylic acids is 2. The second-order valence-corrected chi connectivity index (χ2v) is 10.7. The second kappa shape index (κ2) is 12.2. The molecule has 2 aromatic heterocycles. The molecule has 2 aliphatic heterocycles. The number of carboxylic acids is 2. The van der Waals surface area contributed by atoms with Crippen LogP contribution < -0.4 is 0 Å². The maximum Gasteiger partial charge on any atom is 0.490 e. The first-order valence-corrected chi connectivity index (χ1v) is 12.2. The molecule has 0 bridgehead atoms. The number of carbonyl (C=O) groups is 3. The molecule has 8 nitrogen and oxygen atoms in total. The van der Waals surface area contributed by atoms with Crippen LogP contribution in [0.25, 0.3) is 0 Å². The normalized spacial score (nSPS) is 19.6. The lowest BCUT2D eigenvalue weighted by Crippen LogP contribution is -2.32. The van der Waals surface area contributed by atoms with E-state index in [1.807, 2.05) is 23.2 Å². The van der Waals surface area contributed by atoms with Crippen LogP contribution in [0.5, 0.6) is 0 Å². The van der Waals surface area contributed by atoms with Crippen molar-refractivity contribution in [2.24, 2.45) is 11.8 Å². The van der Waals surface area contributed by atoms with E-state index in [0.717, 1.165) is 36.9 Å². The smallest absolute Gasteiger partial charge is 0.475 e. The molecule has 16 heteroatoms. The molecule has 0 radical (unpaired) electrons. The Balaban J connectivity index is 0.000000286. The maximum absolute atomic E-state index is 12.7. The number of amides is 1. The van der Waals surface area contributed by atoms with Crippen molar-refractivity contribution in [2.75, 3.05) is 19.6 Å². The van der Waals surface area contributed by atoms with Crippen LogP contribution in [0, 0.1) is 25.7 Å². The zero-order valence-corrected chi connectivity index (χ0v) is 21.1. The fraction of sp³-hybridized carbons (Fsp3) is 0.524. The summed E-state index contributed by atoms with van der Waals surface area (Å²) in [4.78, 5) is 42.2. The van der Waals surface area contributed by atoms with Gasteiger partial charge in [-0.05, 0) is 26.0 Å². The first-order valence-electron chi connectivity index (χ1n) is 10.5. The van der Waals surface area contributed by atoms with Crippen molar-refractivity contribution < 1.29 is 50.9 Å². The highest BCUT2D eigenvalue weighted by Crippen LogP contribution is 2.34. The second-order valence-electron chi connectivity index (χ2n) is 8.26. The highest BCUT2D eigenvalue weighted by molar-refractivity contribution is 7.11. The lowest BCUT2D eigenvalue weighted by Gasteiger charge is -2.20. The molecule has 0 spiro atoms. The van der Waals surface area contributed by atoms with Crippen LogP contribution in [0.2, 0.25) is 0 Å². The summed E-state index contributed by atoms with van der Waals surface area (Å²) >= 11 is 3.52. The third-order valence-electron chi connectivity index (χ3n) is 5.28. The first-order chi connectivity index (χ1) is 17.0. The molecule has 2 aliphatic rings. The third kappa shape index (κ3) is 9.27. The van der Waals surface area contributed by atoms with E-state index >= 15 is 0 Å². The van der Waals surface area contributed by atoms with Crippen LogP contribution in [0.3, 0.4) is 0 Å². The van der Waals surface area contributed by atoms with Crippen molar-refractivity contribution in [3.05, 3.63) is 38.0 Å². The van der Waals surface area contributed by atoms with Gasteiger partial charge < -0.3 is 15.1 Å². The van der Waals surface area contributed by atoms with Crippen LogP contribution >= 0.6 is 22.7 Å². The van der Waals surface area contributed by atoms with Gasteiger partial charge in [0.25, 0.3) is 0 Å². The van der Waals surface area contributed by atoms with Gasteiger partial charge in [0.15, 0.2) is 0 Å². The number of likely N-dealkylation sites (tertiary alicyclic amines) is 2. The number of aryl methyl sites for hydroxylation is 2. The van der Waals surface area contributed by atoms with Crippen LogP contribution in [0.4, 0.5) is 26.3 Å². The number of hydrogen-bond donors (Lipinski definition) is 2. The number of fused-ring (bicyclic) bond motifs is 1. The fourth-order valence-electron chi connectivity index (χ4n) is 3.77. The Morgan fingerprint density at radius 3 is 1.97 bits per heavy atom. The Morgan fingerprint density at radius 2 is 1.57 bits per heavy atom. The Bertz CT molecular complexity index is 1080. The Kier molecular flexibility index (Phi) is 10.1. The van der Waals surface area contributed by atoms with Crippen molar-refractivity contribution in [1.29, 1.82) is 0 Å². The molecule has 0 aromatic carbocycles. The van der Waals surface area contributed by atoms with Crippen LogP contribution in [-0.2, 0) is 27.5 Å². The molecule has 2 atom stereocenters. The number of rotatable bonds is 4. The zero-order chi connectivity index (χ0) is 28.1. The average molecular weight is 576 g/mol. The number of halogens is 6. The summed E-state index contributed by atoms with van der Waals surface area (Å²) in [6.45, 7) is 8.67. The van der Waals surface area contributed by atoms with E-state index < -0.39 is 24.3 Å². The number of hydrogen-bond acceptors (Lipinski definition) is 7. The SMILES string of the molecule is Cc1ccc(CN2C[C@H]3CN(Cc4csc(C)n4)C(=O)[C@H]3C2)s1.O=C(O)C(F)(F)F.O=C(O)C(F)(F)F. The molecule has 206 valence electrons. The molecule has 37 heavy (non-hydrogen) atoms. The van der Waals surface area contributed by atoms with E-state index in [2.05, 4.69) is 34.3 Å². The van der Waals surface area contributed by atoms with Crippen molar-refractivity contribution in [2.45, 2.75) is 39.3 Å². The van der Waals surface area contributed by atoms with E-state index in [1.165, 1.54) is 9.75 Å². The van der Waals surface area contributed by atoms with Crippen LogP contribution in [0.1, 0.15) is 20.5 Å². The van der Waals surface area contributed by atoms with Crippen molar-refractivity contribution in [3.63, 3.8) is 0 Å². The summed E-state index contributed by atoms with van der Waals surface area (Å²) in [6, 6.07) is 4.40. The molecule has 2 aromatic rings. The topological polar surface area (TPSA) is 111 Å². The van der Waals surface area contributed by atoms with E-state index in [0.29, 0.717) is 18.4 Å². The van der Waals surface area contributed by atoms with Crippen molar-refractivity contribution in [1.82, 2.24) is 14.8 Å². The van der Waals surface area contributed by atoms with E-state index in [4.69, 9.17) is 19.8 Å². The molecule has 2 N–H and O–H groups in total. The molecule has 1 amide bonds. The van der Waals surface area contributed by atoms with Gasteiger partial charge in [-0.3, -0.25) is 9.69 Å². The predicted molar refractivity (Wildman–Crippen MR) is 121 cm³/mol. The standard InChI is InChI=1S/C17H21N3OS2.2C2HF3O2/c1-11-3-4-15(23-11)8-19-5-13-6-20(17(21)16(13)9-19)7-14-10-22-12(2)18-14;2*3-2(4,5)1(6)7/h3-4,10,13,16H,5-9H2,1-2H3;2*(H,6,7)/t13-,16-;;/m0../s1. The minimum Gasteiger partial charge on any atom is -0.475 e. The first kappa shape index (κ1) is 30.5. The molecular formula is C21H23F6N3O5S2. The molecule has 2 fully saturated rings. The molecule has 2 saturated heterocycles. The number of thiophene rings is 1. The van der Waals surface area contributed by atoms with Gasteiger partial charge in [-0.25, -0.2) is 14.6 Å². The lowest BCUT2D eigenvalue weighted by atomic mass is 10.0. The molecule has 4 rings (SSSR count). The van der Waals surface area contributed by atoms with Crippen LogP contribution in [-0.4, -0.2) is 74.8 Å². The summed E-state index contributed by atoms with van der Waals surface area (Å²) in [5.41, 5.74) is 1.03. The minimum absolute atomic E-state index is 0.191. The van der Waals surface area contributed by atoms with Crippen LogP contribution in [0.15, 0.2) is 17.5 Å².